The summed E-state index contributed by atoms with van der Waals surface area (Å²) in [5.41, 5.74) is 0. The van der Waals surface area contributed by atoms with Crippen LogP contribution in [0.5, 0.6) is 0 Å². The van der Waals surface area contributed by atoms with Crippen LogP contribution in [0.15, 0.2) is 24.3 Å². The Morgan fingerprint density at radius 2 is 2.00 bits per heavy atom. The van der Waals surface area contributed by atoms with Gasteiger partial charge in [0.25, 0.3) is 0 Å². The molecule has 0 spiro atoms. The average molecular weight is 329 g/mol. The van der Waals surface area contributed by atoms with Crippen molar-refractivity contribution in [2.24, 2.45) is 0 Å². The number of hydrogen-bond donors (Lipinski definition) is 2. The molecule has 1 rings (SSSR count). The van der Waals surface area contributed by atoms with E-state index in [0.29, 0.717) is 6.92 Å². The normalized spacial score (nSPS) is 27.6. The first-order valence-corrected chi connectivity index (χ1v) is 7.22. The number of aliphatic carboxylic acids is 1. The molecule has 3 unspecified atom stereocenters. The molecule has 10 heteroatoms. The molecule has 0 radical (unpaired) electrons. The summed E-state index contributed by atoms with van der Waals surface area (Å²) in [6.07, 6.45) is -4.80. The van der Waals surface area contributed by atoms with E-state index in [2.05, 4.69) is 4.74 Å². The van der Waals surface area contributed by atoms with Crippen LogP contribution in [0.1, 0.15) is 6.92 Å². The third-order valence-electron chi connectivity index (χ3n) is 3.02. The zero-order chi connectivity index (χ0) is 16.5. The topological polar surface area (TPSA) is 92.7 Å². The van der Waals surface area contributed by atoms with Gasteiger partial charge in [-0.3, -0.25) is 0 Å². The van der Waals surface area contributed by atoms with Crippen molar-refractivity contribution in [3.8, 4) is 0 Å². The van der Waals surface area contributed by atoms with Crippen molar-refractivity contribution in [2.45, 2.75) is 30.1 Å². The second kappa shape index (κ2) is 5.78. The number of ether oxygens (including phenoxy) is 1. The maximum atomic E-state index is 12.6. The molecular formula is C11H14F3NO5S. The van der Waals surface area contributed by atoms with E-state index in [1.54, 1.807) is 0 Å². The van der Waals surface area contributed by atoms with E-state index in [1.165, 1.54) is 6.08 Å². The van der Waals surface area contributed by atoms with Gasteiger partial charge in [0.1, 0.15) is 6.10 Å². The number of hydrogen-bond acceptors (Lipinski definition) is 4. The predicted octanol–water partition coefficient (Wildman–Crippen LogP) is 0.821. The van der Waals surface area contributed by atoms with Gasteiger partial charge in [-0.2, -0.15) is 13.2 Å². The highest BCUT2D eigenvalue weighted by Crippen LogP contribution is 2.33. The summed E-state index contributed by atoms with van der Waals surface area (Å²) in [6.45, 7) is 0.671. The molecule has 3 atom stereocenters. The van der Waals surface area contributed by atoms with Crippen molar-refractivity contribution in [2.75, 3.05) is 7.05 Å². The third-order valence-corrected chi connectivity index (χ3v) is 4.99. The summed E-state index contributed by atoms with van der Waals surface area (Å²) < 4.78 is 65.5. The molecule has 0 saturated heterocycles. The van der Waals surface area contributed by atoms with Gasteiger partial charge >= 0.3 is 12.1 Å². The first-order valence-electron chi connectivity index (χ1n) is 5.73. The minimum atomic E-state index is -4.75. The fourth-order valence-corrected chi connectivity index (χ4v) is 3.03. The monoisotopic (exact) mass is 329 g/mol. The Morgan fingerprint density at radius 3 is 2.43 bits per heavy atom. The van der Waals surface area contributed by atoms with Gasteiger partial charge in [-0.25, -0.2) is 17.9 Å². The lowest BCUT2D eigenvalue weighted by Gasteiger charge is -2.35. The highest BCUT2D eigenvalue weighted by molar-refractivity contribution is 7.92. The van der Waals surface area contributed by atoms with E-state index in [4.69, 9.17) is 0 Å². The fraction of sp³-hybridized carbons (Fsp3) is 0.545. The second-order valence-electron chi connectivity index (χ2n) is 4.29. The molecule has 1 aliphatic rings. The predicted molar refractivity (Wildman–Crippen MR) is 67.0 cm³/mol. The highest BCUT2D eigenvalue weighted by atomic mass is 32.2. The lowest BCUT2D eigenvalue weighted by atomic mass is 9.96. The Hall–Kier alpha value is -1.39. The molecular weight excluding hydrogens is 315 g/mol. The standard InChI is InChI=1S/C11H14F3NO5S/c1-7(11(12,13)14)20-8-5-3-4-6-10(8,9(16)17)21(18,19)15-2/h3-8,15H,1-2H3,(H,16,17). The molecule has 0 fully saturated rings. The number of alkyl halides is 3. The van der Waals surface area contributed by atoms with E-state index < -0.39 is 39.1 Å². The number of nitrogens with one attached hydrogen (secondary N) is 1. The number of halogens is 3. The molecule has 0 aromatic rings. The van der Waals surface area contributed by atoms with Gasteiger partial charge in [-0.05, 0) is 20.0 Å². The first-order chi connectivity index (χ1) is 9.49. The SMILES string of the molecule is CNS(=O)(=O)C1(C(=O)O)C=CC=CC1OC(C)C(F)(F)F. The molecule has 1 aliphatic carbocycles. The van der Waals surface area contributed by atoms with Crippen LogP contribution in [0.3, 0.4) is 0 Å². The van der Waals surface area contributed by atoms with Crippen molar-refractivity contribution in [3.63, 3.8) is 0 Å². The van der Waals surface area contributed by atoms with Crippen molar-refractivity contribution < 1.29 is 36.2 Å². The number of carboxylic acids is 1. The van der Waals surface area contributed by atoms with Crippen LogP contribution in [0, 0.1) is 0 Å². The van der Waals surface area contributed by atoms with E-state index in [-0.39, 0.29) is 0 Å². The first kappa shape index (κ1) is 17.7. The van der Waals surface area contributed by atoms with Crippen LogP contribution in [0.4, 0.5) is 13.2 Å². The van der Waals surface area contributed by atoms with Crippen molar-refractivity contribution in [1.29, 1.82) is 0 Å². The molecule has 0 aromatic heterocycles. The molecule has 120 valence electrons. The van der Waals surface area contributed by atoms with Crippen molar-refractivity contribution >= 4 is 16.0 Å². The number of rotatable bonds is 5. The quantitative estimate of drug-likeness (QED) is 0.779. The van der Waals surface area contributed by atoms with Crippen LogP contribution in [0.2, 0.25) is 0 Å². The van der Waals surface area contributed by atoms with Crippen LogP contribution >= 0.6 is 0 Å². The highest BCUT2D eigenvalue weighted by Gasteiger charge is 2.57. The average Bonchev–Trinajstić information content (AvgIpc) is 2.37. The van der Waals surface area contributed by atoms with Gasteiger partial charge in [0, 0.05) is 0 Å². The van der Waals surface area contributed by atoms with Gasteiger partial charge in [0.15, 0.2) is 6.10 Å². The van der Waals surface area contributed by atoms with Crippen molar-refractivity contribution in [3.05, 3.63) is 24.3 Å². The number of allylic oxidation sites excluding steroid dienone is 2. The Balaban J connectivity index is 3.31. The van der Waals surface area contributed by atoms with E-state index in [9.17, 15) is 31.5 Å². The lowest BCUT2D eigenvalue weighted by molar-refractivity contribution is -0.224. The van der Waals surface area contributed by atoms with Crippen LogP contribution in [-0.4, -0.2) is 49.7 Å². The Morgan fingerprint density at radius 1 is 1.43 bits per heavy atom. The maximum absolute atomic E-state index is 12.6. The van der Waals surface area contributed by atoms with Gasteiger partial charge < -0.3 is 9.84 Å². The third kappa shape index (κ3) is 3.11. The van der Waals surface area contributed by atoms with Crippen LogP contribution in [0.25, 0.3) is 0 Å². The zero-order valence-corrected chi connectivity index (χ0v) is 11.9. The lowest BCUT2D eigenvalue weighted by Crippen LogP contribution is -2.59. The summed E-state index contributed by atoms with van der Waals surface area (Å²) >= 11 is 0. The van der Waals surface area contributed by atoms with E-state index >= 15 is 0 Å². The molecule has 6 nitrogen and oxygen atoms in total. The van der Waals surface area contributed by atoms with E-state index in [0.717, 1.165) is 25.3 Å². The van der Waals surface area contributed by atoms with Crippen molar-refractivity contribution in [1.82, 2.24) is 4.72 Å². The maximum Gasteiger partial charge on any atom is 0.414 e. The molecule has 0 aliphatic heterocycles. The van der Waals surface area contributed by atoms with Crippen LogP contribution in [-0.2, 0) is 19.6 Å². The van der Waals surface area contributed by atoms with Crippen LogP contribution < -0.4 is 4.72 Å². The number of carboxylic acid groups (broad SMARTS) is 1. The largest absolute Gasteiger partial charge is 0.480 e. The molecule has 0 amide bonds. The summed E-state index contributed by atoms with van der Waals surface area (Å²) in [5.74, 6) is -1.84. The Bertz CT molecular complexity index is 569. The molecule has 21 heavy (non-hydrogen) atoms. The molecule has 2 N–H and O–H groups in total. The summed E-state index contributed by atoms with van der Waals surface area (Å²) in [7, 11) is -3.53. The zero-order valence-electron chi connectivity index (χ0n) is 11.1. The van der Waals surface area contributed by atoms with E-state index in [1.807, 2.05) is 4.72 Å². The number of carbonyl (C=O) groups is 1. The summed E-state index contributed by atoms with van der Waals surface area (Å²) in [4.78, 5) is 11.5. The van der Waals surface area contributed by atoms with Gasteiger partial charge in [-0.15, -0.1) is 0 Å². The van der Waals surface area contributed by atoms with Gasteiger partial charge in [0.05, 0.1) is 0 Å². The second-order valence-corrected chi connectivity index (χ2v) is 6.38. The molecule has 0 heterocycles. The van der Waals surface area contributed by atoms with Gasteiger partial charge in [-0.1, -0.05) is 18.2 Å². The minimum Gasteiger partial charge on any atom is -0.480 e. The minimum absolute atomic E-state index is 0.671. The van der Waals surface area contributed by atoms with Gasteiger partial charge in [0.2, 0.25) is 14.8 Å². The molecule has 0 saturated carbocycles. The number of sulfonamides is 1. The Labute approximate surface area is 119 Å². The summed E-state index contributed by atoms with van der Waals surface area (Å²) in [6, 6.07) is 0. The Kier molecular flexibility index (Phi) is 4.86. The summed E-state index contributed by atoms with van der Waals surface area (Å²) in [5, 5.41) is 9.28. The smallest absolute Gasteiger partial charge is 0.414 e. The molecule has 0 bridgehead atoms. The molecule has 0 aromatic carbocycles. The fourth-order valence-electron chi connectivity index (χ4n) is 1.76.